The summed E-state index contributed by atoms with van der Waals surface area (Å²) in [5.41, 5.74) is 2.35. The van der Waals surface area contributed by atoms with Crippen LogP contribution in [0.15, 0.2) is 122 Å². The largest absolute Gasteiger partial charge is 0.491 e. The van der Waals surface area contributed by atoms with Gasteiger partial charge in [0.25, 0.3) is 5.91 Å². The van der Waals surface area contributed by atoms with E-state index in [-0.39, 0.29) is 49.7 Å². The van der Waals surface area contributed by atoms with Crippen molar-refractivity contribution in [2.75, 3.05) is 71.3 Å². The fourth-order valence-electron chi connectivity index (χ4n) is 6.59. The molecule has 0 unspecified atom stereocenters. The number of para-hydroxylation sites is 2. The van der Waals surface area contributed by atoms with E-state index in [0.717, 1.165) is 35.2 Å². The van der Waals surface area contributed by atoms with E-state index in [0.29, 0.717) is 106 Å². The fraction of sp³-hybridized carbons (Fsp3) is 0.327. The Kier molecular flexibility index (Phi) is 22.6. The number of nitrogens with one attached hydrogen (secondary N) is 4. The van der Waals surface area contributed by atoms with Crippen LogP contribution in [-0.4, -0.2) is 88.8 Å². The maximum Gasteiger partial charge on any atom is 0.419 e. The van der Waals surface area contributed by atoms with E-state index in [1.807, 2.05) is 12.1 Å². The van der Waals surface area contributed by atoms with Crippen molar-refractivity contribution in [1.29, 1.82) is 0 Å². The molecule has 0 spiro atoms. The molecule has 0 aliphatic heterocycles. The van der Waals surface area contributed by atoms with Crippen LogP contribution in [-0.2, 0) is 56.1 Å². The van der Waals surface area contributed by atoms with Gasteiger partial charge in [-0.3, -0.25) is 14.4 Å². The topological polar surface area (TPSA) is 175 Å². The van der Waals surface area contributed by atoms with Crippen LogP contribution in [0.4, 0.5) is 23.2 Å². The van der Waals surface area contributed by atoms with Crippen molar-refractivity contribution in [3.8, 4) is 23.0 Å². The molecule has 0 atom stereocenters. The minimum atomic E-state index is -4.82. The zero-order valence-electron chi connectivity index (χ0n) is 38.6. The highest BCUT2D eigenvalue weighted by Crippen LogP contribution is 2.33. The van der Waals surface area contributed by atoms with Crippen LogP contribution in [0, 0.1) is 5.82 Å². The van der Waals surface area contributed by atoms with Crippen molar-refractivity contribution in [3.63, 3.8) is 0 Å². The van der Waals surface area contributed by atoms with Crippen molar-refractivity contribution >= 4 is 23.4 Å². The molecule has 0 saturated heterocycles. The molecule has 5 rings (SSSR count). The molecular weight excluding hydrogens is 917 g/mol. The molecule has 70 heavy (non-hydrogen) atoms. The molecule has 5 aromatic rings. The zero-order valence-corrected chi connectivity index (χ0v) is 38.6. The van der Waals surface area contributed by atoms with Crippen molar-refractivity contribution in [1.82, 2.24) is 16.0 Å². The van der Waals surface area contributed by atoms with Crippen molar-refractivity contribution in [3.05, 3.63) is 161 Å². The number of rotatable bonds is 31. The second kappa shape index (κ2) is 29.3. The van der Waals surface area contributed by atoms with Gasteiger partial charge >= 0.3 is 6.18 Å². The average Bonchev–Trinajstić information content (AvgIpc) is 3.35. The summed E-state index contributed by atoms with van der Waals surface area (Å²) in [6.45, 7) is 6.40. The highest BCUT2D eigenvalue weighted by atomic mass is 19.4. The van der Waals surface area contributed by atoms with E-state index in [1.54, 1.807) is 78.9 Å². The maximum absolute atomic E-state index is 13.7. The first-order valence-corrected chi connectivity index (χ1v) is 22.6. The average molecular weight is 975 g/mol. The number of aliphatic hydroxyl groups is 1. The van der Waals surface area contributed by atoms with Gasteiger partial charge in [-0.2, -0.15) is 13.2 Å². The first kappa shape index (κ1) is 54.1. The number of amides is 3. The Hall–Kier alpha value is -6.83. The second-order valence-electron chi connectivity index (χ2n) is 15.5. The van der Waals surface area contributed by atoms with Gasteiger partial charge in [0, 0.05) is 37.3 Å². The standard InChI is InChI=1S/C52H58F4N4O10/c1-2-49(62)59-33-38-10-14-40(15-11-38)51(64)60-46-8-3-4-9-48(46)70-43-18-16-42(17-19-43)68-30-29-66-26-25-65-27-28-67-36-50(63)58-22-6-5-7-37-13-21-47(41(31-37)34-57-23-24-61)69-35-39-12-20-45(53)44(32-39)52(54,55)56/h2-4,8-21,31-32,57,61H,1,5-7,22-30,33-36H2,(H,58,63)(H,59,62)(H,60,64). The first-order valence-electron chi connectivity index (χ1n) is 22.6. The van der Waals surface area contributed by atoms with Gasteiger partial charge in [0.05, 0.1) is 50.9 Å². The molecule has 0 aliphatic carbocycles. The Morgan fingerprint density at radius 1 is 0.671 bits per heavy atom. The summed E-state index contributed by atoms with van der Waals surface area (Å²) in [4.78, 5) is 36.6. The van der Waals surface area contributed by atoms with Gasteiger partial charge in [-0.1, -0.05) is 49.0 Å². The molecule has 0 aromatic heterocycles. The number of unbranched alkanes of at least 4 members (excludes halogenated alkanes) is 1. The third-order valence-corrected chi connectivity index (χ3v) is 10.2. The number of carbonyl (C=O) groups is 3. The van der Waals surface area contributed by atoms with Crippen LogP contribution in [0.3, 0.4) is 0 Å². The minimum Gasteiger partial charge on any atom is -0.491 e. The predicted molar refractivity (Wildman–Crippen MR) is 254 cm³/mol. The van der Waals surface area contributed by atoms with Gasteiger partial charge in [0.15, 0.2) is 5.75 Å². The lowest BCUT2D eigenvalue weighted by Gasteiger charge is -2.15. The lowest BCUT2D eigenvalue weighted by atomic mass is 10.0. The molecule has 18 heteroatoms. The molecule has 374 valence electrons. The highest BCUT2D eigenvalue weighted by Gasteiger charge is 2.34. The van der Waals surface area contributed by atoms with Gasteiger partial charge < -0.3 is 54.8 Å². The smallest absolute Gasteiger partial charge is 0.419 e. The van der Waals surface area contributed by atoms with E-state index in [2.05, 4.69) is 27.8 Å². The number of alkyl halides is 3. The number of aryl methyl sites for hydroxylation is 1. The molecule has 0 radical (unpaired) electrons. The number of benzene rings is 5. The molecule has 0 saturated carbocycles. The summed E-state index contributed by atoms with van der Waals surface area (Å²) in [5.74, 6) is -0.103. The molecule has 0 aliphatic rings. The Morgan fingerprint density at radius 2 is 1.36 bits per heavy atom. The van der Waals surface area contributed by atoms with E-state index in [9.17, 15) is 37.1 Å². The van der Waals surface area contributed by atoms with E-state index < -0.39 is 17.6 Å². The van der Waals surface area contributed by atoms with E-state index in [4.69, 9.17) is 28.4 Å². The molecule has 5 aromatic carbocycles. The molecule has 0 fully saturated rings. The Balaban J connectivity index is 0.878. The van der Waals surface area contributed by atoms with Gasteiger partial charge in [0.1, 0.15) is 42.9 Å². The predicted octanol–water partition coefficient (Wildman–Crippen LogP) is 7.92. The monoisotopic (exact) mass is 974 g/mol. The Bertz CT molecular complexity index is 2420. The van der Waals surface area contributed by atoms with Crippen LogP contribution < -0.4 is 35.5 Å². The summed E-state index contributed by atoms with van der Waals surface area (Å²) in [5, 5.41) is 20.7. The first-order chi connectivity index (χ1) is 33.9. The molecule has 14 nitrogen and oxygen atoms in total. The molecule has 5 N–H and O–H groups in total. The lowest BCUT2D eigenvalue weighted by molar-refractivity contribution is -0.140. The quantitative estimate of drug-likeness (QED) is 0.0166. The van der Waals surface area contributed by atoms with Crippen LogP contribution in [0.1, 0.15) is 51.0 Å². The van der Waals surface area contributed by atoms with Gasteiger partial charge in [-0.05, 0) is 109 Å². The normalized spacial score (nSPS) is 11.2. The summed E-state index contributed by atoms with van der Waals surface area (Å²) < 4.78 is 87.4. The second-order valence-corrected chi connectivity index (χ2v) is 15.5. The SMILES string of the molecule is C=CC(=O)NCc1ccc(C(=O)Nc2ccccc2Oc2ccc(OCCOCCOCCOCC(=O)NCCCCc3ccc(OCc4ccc(F)c(C(F)(F)F)c4)c(CNCCO)c3)cc2)cc1. The third kappa shape index (κ3) is 19.3. The summed E-state index contributed by atoms with van der Waals surface area (Å²) in [7, 11) is 0. The van der Waals surface area contributed by atoms with Crippen LogP contribution in [0.2, 0.25) is 0 Å². The Morgan fingerprint density at radius 3 is 2.09 bits per heavy atom. The maximum atomic E-state index is 13.7. The number of aliphatic hydroxyl groups excluding tert-OH is 1. The summed E-state index contributed by atoms with van der Waals surface area (Å²) in [6, 6.07) is 29.3. The number of ether oxygens (including phenoxy) is 6. The van der Waals surface area contributed by atoms with Crippen molar-refractivity contribution in [2.45, 2.75) is 45.1 Å². The number of carbonyl (C=O) groups excluding carboxylic acids is 3. The van der Waals surface area contributed by atoms with Gasteiger partial charge in [-0.15, -0.1) is 0 Å². The van der Waals surface area contributed by atoms with Crippen LogP contribution in [0.25, 0.3) is 0 Å². The minimum absolute atomic E-state index is 0.0744. The molecule has 0 heterocycles. The van der Waals surface area contributed by atoms with E-state index in [1.165, 1.54) is 12.1 Å². The number of hydrogen-bond donors (Lipinski definition) is 5. The van der Waals surface area contributed by atoms with Crippen molar-refractivity contribution in [2.24, 2.45) is 0 Å². The highest BCUT2D eigenvalue weighted by molar-refractivity contribution is 6.05. The lowest BCUT2D eigenvalue weighted by Crippen LogP contribution is -2.29. The third-order valence-electron chi connectivity index (χ3n) is 10.2. The van der Waals surface area contributed by atoms with E-state index >= 15 is 0 Å². The van der Waals surface area contributed by atoms with Crippen LogP contribution >= 0.6 is 0 Å². The van der Waals surface area contributed by atoms with Crippen molar-refractivity contribution < 1.29 is 65.5 Å². The number of halogens is 4. The fourth-order valence-corrected chi connectivity index (χ4v) is 6.59. The Labute approximate surface area is 404 Å². The van der Waals surface area contributed by atoms with Gasteiger partial charge in [-0.25, -0.2) is 4.39 Å². The van der Waals surface area contributed by atoms with Gasteiger partial charge in [0.2, 0.25) is 11.8 Å². The molecule has 3 amide bonds. The number of anilines is 1. The molecule has 0 bridgehead atoms. The van der Waals surface area contributed by atoms with Crippen LogP contribution in [0.5, 0.6) is 23.0 Å². The number of hydrogen-bond acceptors (Lipinski definition) is 11. The zero-order chi connectivity index (χ0) is 50.0. The summed E-state index contributed by atoms with van der Waals surface area (Å²) in [6.07, 6.45) is -1.44. The summed E-state index contributed by atoms with van der Waals surface area (Å²) >= 11 is 0. The molecular formula is C52H58F4N4O10.